The quantitative estimate of drug-likeness (QED) is 0.832. The monoisotopic (exact) mass is 374 g/mol. The van der Waals surface area contributed by atoms with Crippen LogP contribution in [0, 0.1) is 12.8 Å². The van der Waals surface area contributed by atoms with E-state index in [-0.39, 0.29) is 5.92 Å². The van der Waals surface area contributed by atoms with Crippen molar-refractivity contribution < 1.29 is 19.0 Å². The van der Waals surface area contributed by atoms with E-state index in [1.165, 1.54) is 0 Å². The number of methoxy groups -OCH3 is 2. The van der Waals surface area contributed by atoms with Crippen molar-refractivity contribution in [1.29, 1.82) is 0 Å². The molecule has 2 aromatic rings. The molecule has 3 rings (SSSR count). The molecule has 1 aliphatic heterocycles. The molecule has 1 aromatic carbocycles. The number of hydrogen-bond donors (Lipinski definition) is 1. The number of aliphatic hydroxyl groups is 1. The van der Waals surface area contributed by atoms with E-state index < -0.39 is 5.60 Å². The first kappa shape index (κ1) is 19.7. The average molecular weight is 374 g/mol. The minimum Gasteiger partial charge on any atom is -0.497 e. The molecule has 0 saturated carbocycles. The zero-order chi connectivity index (χ0) is 19.6. The normalized spacial score (nSPS) is 18.5. The van der Waals surface area contributed by atoms with Crippen LogP contribution < -0.4 is 9.47 Å². The Bertz CT molecular complexity index is 779. The smallest absolute Gasteiger partial charge is 0.230 e. The van der Waals surface area contributed by atoms with Gasteiger partial charge in [0.25, 0.3) is 0 Å². The SMILES string of the molecule is COc1ccc(OC)c(-c2nc(CN3CCC[C@@H](C(C)(C)O)C3)c(C)o2)c1. The minimum absolute atomic E-state index is 0.274. The lowest BCUT2D eigenvalue weighted by molar-refractivity contribution is -0.0200. The van der Waals surface area contributed by atoms with Crippen LogP contribution >= 0.6 is 0 Å². The zero-order valence-electron chi connectivity index (χ0n) is 16.9. The molecule has 0 unspecified atom stereocenters. The molecular formula is C21H30N2O4. The van der Waals surface area contributed by atoms with Gasteiger partial charge in [0.05, 0.1) is 31.1 Å². The Morgan fingerprint density at radius 1 is 1.30 bits per heavy atom. The molecule has 27 heavy (non-hydrogen) atoms. The second-order valence-electron chi connectivity index (χ2n) is 7.82. The molecule has 1 aromatic heterocycles. The van der Waals surface area contributed by atoms with Crippen LogP contribution in [0.2, 0.25) is 0 Å². The number of likely N-dealkylation sites (tertiary alicyclic amines) is 1. The van der Waals surface area contributed by atoms with Gasteiger partial charge in [-0.2, -0.15) is 0 Å². The summed E-state index contributed by atoms with van der Waals surface area (Å²) in [5.41, 5.74) is 1.04. The third kappa shape index (κ3) is 4.45. The molecule has 0 spiro atoms. The lowest BCUT2D eigenvalue weighted by Gasteiger charge is -2.38. The molecule has 1 atom stereocenters. The number of piperidine rings is 1. The van der Waals surface area contributed by atoms with E-state index in [2.05, 4.69) is 4.90 Å². The summed E-state index contributed by atoms with van der Waals surface area (Å²) in [5.74, 6) is 3.04. The van der Waals surface area contributed by atoms with Crippen molar-refractivity contribution in [1.82, 2.24) is 9.88 Å². The number of oxazole rings is 1. The first-order valence-corrected chi connectivity index (χ1v) is 9.45. The summed E-state index contributed by atoms with van der Waals surface area (Å²) in [5, 5.41) is 10.4. The van der Waals surface area contributed by atoms with Crippen molar-refractivity contribution in [2.75, 3.05) is 27.3 Å². The largest absolute Gasteiger partial charge is 0.497 e. The van der Waals surface area contributed by atoms with Crippen LogP contribution in [0.4, 0.5) is 0 Å². The highest BCUT2D eigenvalue weighted by molar-refractivity contribution is 5.65. The van der Waals surface area contributed by atoms with Crippen molar-refractivity contribution in [3.8, 4) is 23.0 Å². The number of nitrogens with zero attached hydrogens (tertiary/aromatic N) is 2. The molecule has 0 amide bonds. The minimum atomic E-state index is -0.656. The van der Waals surface area contributed by atoms with E-state index >= 15 is 0 Å². The average Bonchev–Trinajstić information content (AvgIpc) is 3.01. The zero-order valence-corrected chi connectivity index (χ0v) is 16.9. The molecule has 0 bridgehead atoms. The van der Waals surface area contributed by atoms with Gasteiger partial charge in [0.15, 0.2) is 0 Å². The van der Waals surface area contributed by atoms with Crippen LogP contribution in [0.15, 0.2) is 22.6 Å². The van der Waals surface area contributed by atoms with Gasteiger partial charge in [-0.25, -0.2) is 4.98 Å². The van der Waals surface area contributed by atoms with Gasteiger partial charge in [-0.05, 0) is 64.3 Å². The fourth-order valence-electron chi connectivity index (χ4n) is 3.66. The first-order chi connectivity index (χ1) is 12.8. The molecule has 6 nitrogen and oxygen atoms in total. The summed E-state index contributed by atoms with van der Waals surface area (Å²) < 4.78 is 16.7. The Morgan fingerprint density at radius 2 is 2.07 bits per heavy atom. The predicted octanol–water partition coefficient (Wildman–Crippen LogP) is 3.65. The Labute approximate surface area is 161 Å². The second-order valence-corrected chi connectivity index (χ2v) is 7.82. The Balaban J connectivity index is 1.81. The molecule has 0 aliphatic carbocycles. The van der Waals surface area contributed by atoms with Crippen molar-refractivity contribution in [3.05, 3.63) is 29.7 Å². The summed E-state index contributed by atoms with van der Waals surface area (Å²) in [4.78, 5) is 7.09. The van der Waals surface area contributed by atoms with Gasteiger partial charge >= 0.3 is 0 Å². The Morgan fingerprint density at radius 3 is 2.74 bits per heavy atom. The van der Waals surface area contributed by atoms with Crippen LogP contribution in [0.3, 0.4) is 0 Å². The van der Waals surface area contributed by atoms with E-state index in [1.54, 1.807) is 14.2 Å². The highest BCUT2D eigenvalue weighted by Crippen LogP contribution is 2.34. The van der Waals surface area contributed by atoms with E-state index in [1.807, 2.05) is 39.0 Å². The lowest BCUT2D eigenvalue weighted by atomic mass is 9.84. The Kier molecular flexibility index (Phi) is 5.77. The van der Waals surface area contributed by atoms with Crippen molar-refractivity contribution >= 4 is 0 Å². The van der Waals surface area contributed by atoms with Crippen LogP contribution in [0.25, 0.3) is 11.5 Å². The highest BCUT2D eigenvalue weighted by Gasteiger charge is 2.31. The van der Waals surface area contributed by atoms with Crippen LogP contribution in [0.1, 0.15) is 38.1 Å². The summed E-state index contributed by atoms with van der Waals surface area (Å²) in [6.07, 6.45) is 2.15. The first-order valence-electron chi connectivity index (χ1n) is 9.45. The number of aromatic nitrogens is 1. The number of aryl methyl sites for hydroxylation is 1. The number of hydrogen-bond acceptors (Lipinski definition) is 6. The van der Waals surface area contributed by atoms with Gasteiger partial charge < -0.3 is 19.0 Å². The molecule has 1 fully saturated rings. The highest BCUT2D eigenvalue weighted by atomic mass is 16.5. The number of ether oxygens (including phenoxy) is 2. The van der Waals surface area contributed by atoms with Gasteiger partial charge in [-0.1, -0.05) is 0 Å². The molecule has 0 radical (unpaired) electrons. The van der Waals surface area contributed by atoms with E-state index in [4.69, 9.17) is 18.9 Å². The fraction of sp³-hybridized carbons (Fsp3) is 0.571. The van der Waals surface area contributed by atoms with Crippen LogP contribution in [-0.2, 0) is 6.54 Å². The molecular weight excluding hydrogens is 344 g/mol. The standard InChI is InChI=1S/C21H30N2O4/c1-14-18(13-23-10-6-7-15(12-23)21(2,3)24)22-20(27-14)17-11-16(25-4)8-9-19(17)26-5/h8-9,11,15,24H,6-7,10,12-13H2,1-5H3/t15-/m1/s1. The van der Waals surface area contributed by atoms with Gasteiger partial charge in [-0.15, -0.1) is 0 Å². The van der Waals surface area contributed by atoms with E-state index in [9.17, 15) is 5.11 Å². The predicted molar refractivity (Wildman–Crippen MR) is 104 cm³/mol. The lowest BCUT2D eigenvalue weighted by Crippen LogP contribution is -2.44. The third-order valence-electron chi connectivity index (χ3n) is 5.41. The van der Waals surface area contributed by atoms with Crippen molar-refractivity contribution in [3.63, 3.8) is 0 Å². The molecule has 2 heterocycles. The number of benzene rings is 1. The molecule has 1 aliphatic rings. The maximum absolute atomic E-state index is 10.4. The molecule has 1 saturated heterocycles. The topological polar surface area (TPSA) is 68.0 Å². The maximum Gasteiger partial charge on any atom is 0.230 e. The van der Waals surface area contributed by atoms with Crippen LogP contribution in [-0.4, -0.2) is 47.9 Å². The number of rotatable bonds is 6. The van der Waals surface area contributed by atoms with Crippen LogP contribution in [0.5, 0.6) is 11.5 Å². The van der Waals surface area contributed by atoms with Gasteiger partial charge in [0.1, 0.15) is 17.3 Å². The summed E-state index contributed by atoms with van der Waals surface area (Å²) in [6, 6.07) is 5.58. The van der Waals surface area contributed by atoms with Gasteiger partial charge in [0, 0.05) is 13.1 Å². The summed E-state index contributed by atoms with van der Waals surface area (Å²) in [6.45, 7) is 8.33. The second kappa shape index (κ2) is 7.90. The van der Waals surface area contributed by atoms with Crippen molar-refractivity contribution in [2.45, 2.75) is 45.8 Å². The fourth-order valence-corrected chi connectivity index (χ4v) is 3.66. The maximum atomic E-state index is 10.4. The van der Waals surface area contributed by atoms with Crippen molar-refractivity contribution in [2.24, 2.45) is 5.92 Å². The molecule has 1 N–H and O–H groups in total. The van der Waals surface area contributed by atoms with Gasteiger partial charge in [-0.3, -0.25) is 4.90 Å². The summed E-state index contributed by atoms with van der Waals surface area (Å²) in [7, 11) is 3.26. The summed E-state index contributed by atoms with van der Waals surface area (Å²) >= 11 is 0. The van der Waals surface area contributed by atoms with E-state index in [0.717, 1.165) is 48.7 Å². The van der Waals surface area contributed by atoms with E-state index in [0.29, 0.717) is 18.2 Å². The molecule has 148 valence electrons. The molecule has 6 heteroatoms. The Hall–Kier alpha value is -2.05. The third-order valence-corrected chi connectivity index (χ3v) is 5.41. The van der Waals surface area contributed by atoms with Gasteiger partial charge in [0.2, 0.25) is 5.89 Å².